The van der Waals surface area contributed by atoms with E-state index in [2.05, 4.69) is 0 Å². The quantitative estimate of drug-likeness (QED) is 0.465. The number of esters is 1. The lowest BCUT2D eigenvalue weighted by molar-refractivity contribution is -0.138. The van der Waals surface area contributed by atoms with E-state index in [-0.39, 0.29) is 6.61 Å². The highest BCUT2D eigenvalue weighted by Crippen LogP contribution is 2.12. The highest BCUT2D eigenvalue weighted by molar-refractivity contribution is 5.87. The molecule has 2 aromatic carbocycles. The lowest BCUT2D eigenvalue weighted by atomic mass is 10.1. The van der Waals surface area contributed by atoms with Gasteiger partial charge in [0.05, 0.1) is 11.6 Å². The first-order valence-electron chi connectivity index (χ1n) is 7.22. The van der Waals surface area contributed by atoms with Gasteiger partial charge in [0.25, 0.3) is 0 Å². The summed E-state index contributed by atoms with van der Waals surface area (Å²) in [5.41, 5.74) is 2.53. The number of ether oxygens (including phenoxy) is 2. The van der Waals surface area contributed by atoms with Crippen LogP contribution in [-0.2, 0) is 9.53 Å². The fourth-order valence-electron chi connectivity index (χ4n) is 1.89. The fourth-order valence-corrected chi connectivity index (χ4v) is 1.89. The van der Waals surface area contributed by atoms with Crippen molar-refractivity contribution < 1.29 is 14.3 Å². The zero-order valence-electron chi connectivity index (χ0n) is 12.9. The molecule has 2 aromatic rings. The molecular weight excluding hydrogens is 290 g/mol. The number of benzene rings is 2. The molecule has 0 saturated heterocycles. The molecule has 0 fully saturated rings. The summed E-state index contributed by atoms with van der Waals surface area (Å²) in [5, 5.41) is 8.71. The van der Waals surface area contributed by atoms with Gasteiger partial charge in [-0.05, 0) is 48.4 Å². The van der Waals surface area contributed by atoms with Crippen LogP contribution in [0, 0.1) is 18.3 Å². The summed E-state index contributed by atoms with van der Waals surface area (Å²) in [7, 11) is 0. The van der Waals surface area contributed by atoms with E-state index in [9.17, 15) is 4.79 Å². The number of aryl methyl sites for hydroxylation is 1. The number of nitriles is 1. The molecule has 4 nitrogen and oxygen atoms in total. The number of nitrogens with zero attached hydrogens (tertiary/aromatic N) is 1. The van der Waals surface area contributed by atoms with Gasteiger partial charge in [-0.25, -0.2) is 4.79 Å². The van der Waals surface area contributed by atoms with Gasteiger partial charge in [0, 0.05) is 6.08 Å². The van der Waals surface area contributed by atoms with E-state index in [1.165, 1.54) is 6.08 Å². The third-order valence-corrected chi connectivity index (χ3v) is 3.04. The largest absolute Gasteiger partial charge is 0.490 e. The molecule has 23 heavy (non-hydrogen) atoms. The van der Waals surface area contributed by atoms with E-state index >= 15 is 0 Å². The zero-order valence-corrected chi connectivity index (χ0v) is 12.9. The Morgan fingerprint density at radius 1 is 1.17 bits per heavy atom. The molecule has 116 valence electrons. The molecule has 0 saturated carbocycles. The predicted molar refractivity (Wildman–Crippen MR) is 87.8 cm³/mol. The van der Waals surface area contributed by atoms with Crippen molar-refractivity contribution in [1.82, 2.24) is 0 Å². The summed E-state index contributed by atoms with van der Waals surface area (Å²) < 4.78 is 10.6. The first-order chi connectivity index (χ1) is 11.2. The van der Waals surface area contributed by atoms with Gasteiger partial charge in [0.1, 0.15) is 19.0 Å². The zero-order chi connectivity index (χ0) is 16.5. The summed E-state index contributed by atoms with van der Waals surface area (Å²) in [5.74, 6) is 0.330. The molecule has 4 heteroatoms. The van der Waals surface area contributed by atoms with E-state index in [0.29, 0.717) is 12.2 Å². The minimum atomic E-state index is -0.429. The van der Waals surface area contributed by atoms with Crippen molar-refractivity contribution in [3.05, 3.63) is 71.3 Å². The Balaban J connectivity index is 1.72. The van der Waals surface area contributed by atoms with Gasteiger partial charge < -0.3 is 9.47 Å². The maximum atomic E-state index is 11.6. The maximum absolute atomic E-state index is 11.6. The van der Waals surface area contributed by atoms with Gasteiger partial charge in [-0.15, -0.1) is 0 Å². The highest BCUT2D eigenvalue weighted by atomic mass is 16.6. The van der Waals surface area contributed by atoms with E-state index in [1.807, 2.05) is 37.3 Å². The summed E-state index contributed by atoms with van der Waals surface area (Å²) >= 11 is 0. The predicted octanol–water partition coefficient (Wildman–Crippen LogP) is 3.50. The summed E-state index contributed by atoms with van der Waals surface area (Å²) in [6, 6.07) is 16.6. The molecule has 0 atom stereocenters. The second-order valence-corrected chi connectivity index (χ2v) is 4.90. The number of hydrogen-bond donors (Lipinski definition) is 0. The van der Waals surface area contributed by atoms with Crippen LogP contribution in [0.4, 0.5) is 0 Å². The molecule has 0 spiro atoms. The molecule has 0 unspecified atom stereocenters. The van der Waals surface area contributed by atoms with E-state index in [0.717, 1.165) is 16.9 Å². The Labute approximate surface area is 135 Å². The molecule has 0 bridgehead atoms. The molecule has 0 N–H and O–H groups in total. The van der Waals surface area contributed by atoms with Gasteiger partial charge >= 0.3 is 5.97 Å². The molecule has 0 radical (unpaired) electrons. The van der Waals surface area contributed by atoms with Crippen LogP contribution < -0.4 is 4.74 Å². The van der Waals surface area contributed by atoms with Gasteiger partial charge in [-0.3, -0.25) is 0 Å². The molecule has 2 rings (SSSR count). The third kappa shape index (κ3) is 5.68. The number of rotatable bonds is 6. The molecule has 0 aliphatic carbocycles. The molecule has 0 heterocycles. The van der Waals surface area contributed by atoms with Gasteiger partial charge in [0.15, 0.2) is 0 Å². The van der Waals surface area contributed by atoms with E-state index in [4.69, 9.17) is 14.7 Å². The molecule has 0 amide bonds. The molecule has 0 aliphatic heterocycles. The Bertz CT molecular complexity index is 727. The Kier molecular flexibility index (Phi) is 5.96. The standard InChI is InChI=1S/C19H17NO3/c1-15-3-2-4-18(13-15)22-11-12-23-19(21)10-9-16-5-7-17(14-20)8-6-16/h2-10,13H,11-12H2,1H3/b10-9+. The van der Waals surface area contributed by atoms with Crippen LogP contribution in [0.5, 0.6) is 5.75 Å². The average molecular weight is 307 g/mol. The normalized spacial score (nSPS) is 10.3. The first-order valence-corrected chi connectivity index (χ1v) is 7.22. The van der Waals surface area contributed by atoms with Crippen molar-refractivity contribution in [2.75, 3.05) is 13.2 Å². The molecule has 0 aromatic heterocycles. The van der Waals surface area contributed by atoms with Gasteiger partial charge in [-0.2, -0.15) is 5.26 Å². The monoisotopic (exact) mass is 307 g/mol. The maximum Gasteiger partial charge on any atom is 0.330 e. The second kappa shape index (κ2) is 8.40. The number of carbonyl (C=O) groups excluding carboxylic acids is 1. The van der Waals surface area contributed by atoms with Crippen molar-refractivity contribution in [3.63, 3.8) is 0 Å². The smallest absolute Gasteiger partial charge is 0.330 e. The van der Waals surface area contributed by atoms with Crippen molar-refractivity contribution in [2.45, 2.75) is 6.92 Å². The van der Waals surface area contributed by atoms with Crippen molar-refractivity contribution in [2.24, 2.45) is 0 Å². The third-order valence-electron chi connectivity index (χ3n) is 3.04. The lowest BCUT2D eigenvalue weighted by Crippen LogP contribution is -2.10. The minimum absolute atomic E-state index is 0.185. The van der Waals surface area contributed by atoms with Crippen LogP contribution in [0.3, 0.4) is 0 Å². The second-order valence-electron chi connectivity index (χ2n) is 4.90. The Hall–Kier alpha value is -3.06. The van der Waals surface area contributed by atoms with Crippen molar-refractivity contribution >= 4 is 12.0 Å². The van der Waals surface area contributed by atoms with Crippen LogP contribution in [0.15, 0.2) is 54.6 Å². The average Bonchev–Trinajstić information content (AvgIpc) is 2.57. The highest BCUT2D eigenvalue weighted by Gasteiger charge is 1.99. The Morgan fingerprint density at radius 3 is 2.65 bits per heavy atom. The summed E-state index contributed by atoms with van der Waals surface area (Å²) in [6.45, 7) is 2.48. The van der Waals surface area contributed by atoms with Crippen LogP contribution in [-0.4, -0.2) is 19.2 Å². The summed E-state index contributed by atoms with van der Waals surface area (Å²) in [4.78, 5) is 11.6. The Morgan fingerprint density at radius 2 is 1.96 bits per heavy atom. The van der Waals surface area contributed by atoms with Crippen LogP contribution in [0.2, 0.25) is 0 Å². The lowest BCUT2D eigenvalue weighted by Gasteiger charge is -2.06. The van der Waals surface area contributed by atoms with Crippen LogP contribution in [0.25, 0.3) is 6.08 Å². The topological polar surface area (TPSA) is 59.3 Å². The van der Waals surface area contributed by atoms with Crippen molar-refractivity contribution in [3.8, 4) is 11.8 Å². The van der Waals surface area contributed by atoms with E-state index < -0.39 is 5.97 Å². The van der Waals surface area contributed by atoms with Gasteiger partial charge in [-0.1, -0.05) is 24.3 Å². The van der Waals surface area contributed by atoms with Crippen molar-refractivity contribution in [1.29, 1.82) is 5.26 Å². The molecular formula is C19H17NO3. The first kappa shape index (κ1) is 16.3. The SMILES string of the molecule is Cc1cccc(OCCOC(=O)/C=C/c2ccc(C#N)cc2)c1. The number of hydrogen-bond acceptors (Lipinski definition) is 4. The van der Waals surface area contributed by atoms with Crippen LogP contribution >= 0.6 is 0 Å². The summed E-state index contributed by atoms with van der Waals surface area (Å²) in [6.07, 6.45) is 3.00. The van der Waals surface area contributed by atoms with Crippen LogP contribution in [0.1, 0.15) is 16.7 Å². The fraction of sp³-hybridized carbons (Fsp3) is 0.158. The van der Waals surface area contributed by atoms with E-state index in [1.54, 1.807) is 30.3 Å². The minimum Gasteiger partial charge on any atom is -0.490 e. The van der Waals surface area contributed by atoms with Gasteiger partial charge in [0.2, 0.25) is 0 Å². The number of carbonyl (C=O) groups is 1. The molecule has 0 aliphatic rings.